The minimum Gasteiger partial charge on any atom is -0.480 e. The van der Waals surface area contributed by atoms with Crippen LogP contribution in [0.4, 0.5) is 0 Å². The molecule has 45 heavy (non-hydrogen) atoms. The number of carboxylic acid groups (broad SMARTS) is 1. The number of pyridine rings is 1. The number of hydrogen-bond acceptors (Lipinski definition) is 7. The molecule has 1 saturated carbocycles. The normalized spacial score (nSPS) is 21.8. The lowest BCUT2D eigenvalue weighted by Gasteiger charge is -2.50. The second-order valence-electron chi connectivity index (χ2n) is 11.1. The number of hydroxylamine groups is 1. The summed E-state index contributed by atoms with van der Waals surface area (Å²) in [5.74, 6) is -3.36. The summed E-state index contributed by atoms with van der Waals surface area (Å²) >= 11 is 13.0. The molecule has 2 aliphatic rings. The monoisotopic (exact) mass is 674 g/mol. The molecular weight excluding hydrogens is 643 g/mol. The van der Waals surface area contributed by atoms with Crippen LogP contribution in [-0.2, 0) is 31.1 Å². The fourth-order valence-corrected chi connectivity index (χ4v) is 7.97. The van der Waals surface area contributed by atoms with Gasteiger partial charge in [0.1, 0.15) is 13.2 Å². The number of nitrogens with one attached hydrogen (secondary N) is 1. The number of carbonyl (C=O) groups excluding carboxylic acids is 2. The van der Waals surface area contributed by atoms with E-state index in [4.69, 9.17) is 28.0 Å². The van der Waals surface area contributed by atoms with Crippen LogP contribution in [0.25, 0.3) is 0 Å². The molecule has 0 radical (unpaired) electrons. The van der Waals surface area contributed by atoms with Gasteiger partial charge in [0.15, 0.2) is 0 Å². The zero-order chi connectivity index (χ0) is 32.3. The summed E-state index contributed by atoms with van der Waals surface area (Å²) in [6.45, 7) is -0.782. The molecule has 0 spiro atoms. The van der Waals surface area contributed by atoms with Crippen LogP contribution in [0.15, 0.2) is 66.9 Å². The number of nitrogens with zero attached hydrogens (tertiary/aromatic N) is 3. The van der Waals surface area contributed by atoms with Gasteiger partial charge in [0.05, 0.1) is 23.9 Å². The van der Waals surface area contributed by atoms with Crippen LogP contribution in [0.3, 0.4) is 0 Å². The third kappa shape index (κ3) is 7.15. The number of hydrogen-bond donors (Lipinski definition) is 2. The molecule has 1 aromatic heterocycles. The van der Waals surface area contributed by atoms with E-state index in [2.05, 4.69) is 10.5 Å². The fourth-order valence-electron chi connectivity index (χ4n) is 6.37. The van der Waals surface area contributed by atoms with E-state index in [0.717, 1.165) is 10.6 Å². The van der Waals surface area contributed by atoms with Gasteiger partial charge in [-0.3, -0.25) is 24.2 Å². The molecule has 2 heterocycles. The molecule has 14 heteroatoms. The lowest BCUT2D eigenvalue weighted by Crippen LogP contribution is -2.60. The van der Waals surface area contributed by atoms with Gasteiger partial charge in [0, 0.05) is 33.9 Å². The van der Waals surface area contributed by atoms with Crippen LogP contribution in [0.1, 0.15) is 64.8 Å². The smallest absolute Gasteiger partial charge is 0.318 e. The molecule has 1 fully saturated rings. The Hall–Kier alpha value is -3.55. The van der Waals surface area contributed by atoms with E-state index < -0.39 is 58.4 Å². The summed E-state index contributed by atoms with van der Waals surface area (Å²) < 4.78 is 26.9. The van der Waals surface area contributed by atoms with E-state index in [-0.39, 0.29) is 17.2 Å². The molecule has 1 aliphatic heterocycles. The van der Waals surface area contributed by atoms with Crippen LogP contribution in [0.5, 0.6) is 0 Å². The van der Waals surface area contributed by atoms with Crippen molar-refractivity contribution in [2.24, 2.45) is 0 Å². The highest BCUT2D eigenvalue weighted by Crippen LogP contribution is 2.48. The summed E-state index contributed by atoms with van der Waals surface area (Å²) in [7, 11) is -4.01. The number of carboxylic acids is 1. The van der Waals surface area contributed by atoms with Gasteiger partial charge in [-0.05, 0) is 54.3 Å². The maximum Gasteiger partial charge on any atom is 0.318 e. The predicted octanol–water partition coefficient (Wildman–Crippen LogP) is 4.57. The number of rotatable bonds is 10. The Bertz CT molecular complexity index is 1690. The van der Waals surface area contributed by atoms with Gasteiger partial charge in [0.25, 0.3) is 11.8 Å². The van der Waals surface area contributed by atoms with Crippen molar-refractivity contribution in [3.63, 3.8) is 0 Å². The first-order valence-electron chi connectivity index (χ1n) is 14.3. The van der Waals surface area contributed by atoms with Crippen LogP contribution in [0.2, 0.25) is 10.0 Å². The molecule has 2 amide bonds. The van der Waals surface area contributed by atoms with E-state index in [1.807, 2.05) is 0 Å². The average Bonchev–Trinajstić information content (AvgIpc) is 3.00. The van der Waals surface area contributed by atoms with Crippen LogP contribution >= 0.6 is 23.2 Å². The van der Waals surface area contributed by atoms with Crippen molar-refractivity contribution < 1.29 is 32.7 Å². The number of aliphatic carboxylic acids is 1. The zero-order valence-corrected chi connectivity index (χ0v) is 26.6. The topological polar surface area (TPSA) is 146 Å². The molecule has 0 bridgehead atoms. The second kappa shape index (κ2) is 13.8. The molecule has 0 saturated heterocycles. The minimum absolute atomic E-state index is 0.0147. The molecule has 5 rings (SSSR count). The zero-order valence-electron chi connectivity index (χ0n) is 24.3. The Morgan fingerprint density at radius 3 is 2.49 bits per heavy atom. The Morgan fingerprint density at radius 1 is 1.07 bits per heavy atom. The standard InChI is InChI=1S/C31H32Cl2N4O7S/c1-45(42,43)36(17-27(38)39)25-11-4-5-12-26(25)37-29(23-14-13-19(32)16-24(23)33)28(21-9-2-3-10-22(21)31(37)41)30(40)35-44-18-20-8-6-7-15-34-20/h2-3,6-10,13-16,25-26,28-29H,4-5,11-12,17-18H2,1H3,(H,35,40)(H,38,39)/t25-,26-,28+,29-/m0/s1. The van der Waals surface area contributed by atoms with Crippen molar-refractivity contribution in [3.8, 4) is 0 Å². The van der Waals surface area contributed by atoms with Crippen LogP contribution in [0, 0.1) is 0 Å². The van der Waals surface area contributed by atoms with E-state index in [1.165, 1.54) is 11.0 Å². The summed E-state index contributed by atoms with van der Waals surface area (Å²) in [6, 6.07) is 14.1. The van der Waals surface area contributed by atoms with Gasteiger partial charge >= 0.3 is 5.97 Å². The first-order chi connectivity index (χ1) is 21.5. The predicted molar refractivity (Wildman–Crippen MR) is 167 cm³/mol. The van der Waals surface area contributed by atoms with Crippen LogP contribution in [-0.4, -0.2) is 70.4 Å². The number of aromatic nitrogens is 1. The lowest BCUT2D eigenvalue weighted by atomic mass is 9.76. The number of sulfonamides is 1. The molecule has 4 atom stereocenters. The van der Waals surface area contributed by atoms with Gasteiger partial charge < -0.3 is 10.0 Å². The SMILES string of the molecule is CS(=O)(=O)N(CC(=O)O)[C@H]1CCCC[C@@H]1N1C(=O)c2ccccc2[C@@H](C(=O)NOCc2ccccn2)[C@@H]1c1ccc(Cl)cc1Cl. The summed E-state index contributed by atoms with van der Waals surface area (Å²) in [5.41, 5.74) is 4.23. The van der Waals surface area contributed by atoms with Crippen LogP contribution < -0.4 is 5.48 Å². The highest BCUT2D eigenvalue weighted by molar-refractivity contribution is 7.88. The van der Waals surface area contributed by atoms with Crippen molar-refractivity contribution in [3.05, 3.63) is 99.3 Å². The van der Waals surface area contributed by atoms with Gasteiger partial charge in [-0.25, -0.2) is 13.9 Å². The van der Waals surface area contributed by atoms with E-state index in [1.54, 1.807) is 60.8 Å². The lowest BCUT2D eigenvalue weighted by molar-refractivity contribution is -0.138. The Kier molecular flexibility index (Phi) is 10.1. The van der Waals surface area contributed by atoms with E-state index in [9.17, 15) is 27.9 Å². The van der Waals surface area contributed by atoms with E-state index >= 15 is 0 Å². The molecule has 2 N–H and O–H groups in total. The number of fused-ring (bicyclic) bond motifs is 1. The van der Waals surface area contributed by atoms with Crippen molar-refractivity contribution in [1.29, 1.82) is 0 Å². The van der Waals surface area contributed by atoms with Crippen molar-refractivity contribution >= 4 is 51.0 Å². The van der Waals surface area contributed by atoms with Crippen molar-refractivity contribution in [2.75, 3.05) is 12.8 Å². The Labute approximate surface area is 271 Å². The molecule has 1 aliphatic carbocycles. The first-order valence-corrected chi connectivity index (χ1v) is 16.9. The molecular formula is C31H32Cl2N4O7S. The highest BCUT2D eigenvalue weighted by Gasteiger charge is 2.51. The summed E-state index contributed by atoms with van der Waals surface area (Å²) in [6.07, 6.45) is 4.53. The molecule has 2 aromatic carbocycles. The first kappa shape index (κ1) is 32.8. The highest BCUT2D eigenvalue weighted by atomic mass is 35.5. The van der Waals surface area contributed by atoms with Gasteiger partial charge in [-0.2, -0.15) is 4.31 Å². The maximum absolute atomic E-state index is 14.5. The average molecular weight is 676 g/mol. The van der Waals surface area contributed by atoms with Gasteiger partial charge in [-0.1, -0.05) is 66.4 Å². The second-order valence-corrected chi connectivity index (χ2v) is 13.9. The Balaban J connectivity index is 1.64. The third-order valence-electron chi connectivity index (χ3n) is 8.20. The number of carbonyl (C=O) groups is 3. The quantitative estimate of drug-likeness (QED) is 0.297. The number of amides is 2. The number of halogens is 2. The molecule has 3 aromatic rings. The molecule has 11 nitrogen and oxygen atoms in total. The number of benzene rings is 2. The van der Waals surface area contributed by atoms with Gasteiger partial charge in [0.2, 0.25) is 10.0 Å². The maximum atomic E-state index is 14.5. The minimum atomic E-state index is -4.01. The third-order valence-corrected chi connectivity index (χ3v) is 10.0. The summed E-state index contributed by atoms with van der Waals surface area (Å²) in [4.78, 5) is 51.7. The fraction of sp³-hybridized carbons (Fsp3) is 0.355. The van der Waals surface area contributed by atoms with E-state index in [0.29, 0.717) is 47.5 Å². The van der Waals surface area contributed by atoms with Crippen molar-refractivity contribution in [1.82, 2.24) is 19.7 Å². The molecule has 238 valence electrons. The molecule has 0 unspecified atom stereocenters. The van der Waals surface area contributed by atoms with Crippen molar-refractivity contribution in [2.45, 2.75) is 56.3 Å². The summed E-state index contributed by atoms with van der Waals surface area (Å²) in [5, 5.41) is 10.2. The van der Waals surface area contributed by atoms with Gasteiger partial charge in [-0.15, -0.1) is 0 Å². The largest absolute Gasteiger partial charge is 0.480 e. The Morgan fingerprint density at radius 2 is 1.80 bits per heavy atom.